The van der Waals surface area contributed by atoms with Crippen LogP contribution < -0.4 is 0 Å². The summed E-state index contributed by atoms with van der Waals surface area (Å²) in [7, 11) is -3.00. The van der Waals surface area contributed by atoms with E-state index in [0.717, 1.165) is 25.9 Å². The number of rotatable bonds is 2. The molecule has 20 heavy (non-hydrogen) atoms. The monoisotopic (exact) mass is 300 g/mol. The fourth-order valence-electron chi connectivity index (χ4n) is 3.47. The zero-order valence-electron chi connectivity index (χ0n) is 11.5. The first-order valence-corrected chi connectivity index (χ1v) is 9.07. The van der Waals surface area contributed by atoms with E-state index in [9.17, 15) is 18.0 Å². The van der Waals surface area contributed by atoms with Gasteiger partial charge in [-0.3, -0.25) is 9.59 Å². The van der Waals surface area contributed by atoms with Crippen molar-refractivity contribution in [1.29, 1.82) is 0 Å². The second kappa shape index (κ2) is 5.02. The van der Waals surface area contributed by atoms with Gasteiger partial charge in [-0.2, -0.15) is 0 Å². The third-order valence-corrected chi connectivity index (χ3v) is 6.32. The first-order chi connectivity index (χ1) is 9.46. The van der Waals surface area contributed by atoms with E-state index in [1.807, 2.05) is 4.90 Å². The average Bonchev–Trinajstić information content (AvgIpc) is 3.07. The molecule has 0 aromatic rings. The normalized spacial score (nSPS) is 33.1. The van der Waals surface area contributed by atoms with Gasteiger partial charge in [0.25, 0.3) is 0 Å². The highest BCUT2D eigenvalue weighted by atomic mass is 32.2. The molecule has 112 valence electrons. The van der Waals surface area contributed by atoms with Crippen LogP contribution in [-0.2, 0) is 19.4 Å². The fourth-order valence-corrected chi connectivity index (χ4v) is 5.20. The molecule has 0 aromatic heterocycles. The van der Waals surface area contributed by atoms with Crippen LogP contribution in [0.4, 0.5) is 0 Å². The average molecular weight is 300 g/mol. The number of hydrogen-bond donors (Lipinski definition) is 0. The van der Waals surface area contributed by atoms with Gasteiger partial charge in [0, 0.05) is 32.1 Å². The molecular formula is C13H20N2O4S. The van der Waals surface area contributed by atoms with E-state index in [4.69, 9.17) is 0 Å². The molecule has 3 rings (SSSR count). The second-order valence-electron chi connectivity index (χ2n) is 6.04. The first-order valence-electron chi connectivity index (χ1n) is 7.25. The first kappa shape index (κ1) is 13.9. The van der Waals surface area contributed by atoms with Crippen LogP contribution in [0.15, 0.2) is 0 Å². The van der Waals surface area contributed by atoms with Crippen molar-refractivity contribution in [3.63, 3.8) is 0 Å². The summed E-state index contributed by atoms with van der Waals surface area (Å²) in [4.78, 5) is 27.8. The van der Waals surface area contributed by atoms with Crippen LogP contribution in [-0.4, -0.2) is 67.2 Å². The smallest absolute Gasteiger partial charge is 0.227 e. The molecule has 3 saturated heterocycles. The van der Waals surface area contributed by atoms with E-state index in [0.29, 0.717) is 13.0 Å². The Morgan fingerprint density at radius 3 is 2.50 bits per heavy atom. The fraction of sp³-hybridized carbons (Fsp3) is 0.846. The molecule has 3 aliphatic rings. The molecule has 7 heteroatoms. The zero-order valence-corrected chi connectivity index (χ0v) is 12.3. The summed E-state index contributed by atoms with van der Waals surface area (Å²) < 4.78 is 23.0. The van der Waals surface area contributed by atoms with Crippen molar-refractivity contribution in [3.05, 3.63) is 0 Å². The summed E-state index contributed by atoms with van der Waals surface area (Å²) in [5.74, 6) is -0.0528. The van der Waals surface area contributed by atoms with Crippen LogP contribution >= 0.6 is 0 Å². The maximum Gasteiger partial charge on any atom is 0.227 e. The summed E-state index contributed by atoms with van der Waals surface area (Å²) in [5.41, 5.74) is 0. The minimum absolute atomic E-state index is 0.0589. The number of carbonyl (C=O) groups is 2. The Balaban J connectivity index is 1.65. The Kier molecular flexibility index (Phi) is 3.48. The van der Waals surface area contributed by atoms with Crippen LogP contribution in [0.25, 0.3) is 0 Å². The Labute approximate surface area is 119 Å². The van der Waals surface area contributed by atoms with E-state index < -0.39 is 9.84 Å². The van der Waals surface area contributed by atoms with E-state index in [1.54, 1.807) is 4.90 Å². The highest BCUT2D eigenvalue weighted by molar-refractivity contribution is 7.91. The number of carbonyl (C=O) groups excluding carboxylic acids is 2. The Hall–Kier alpha value is -1.11. The van der Waals surface area contributed by atoms with Gasteiger partial charge in [-0.05, 0) is 19.3 Å². The van der Waals surface area contributed by atoms with E-state index in [2.05, 4.69) is 0 Å². The summed E-state index contributed by atoms with van der Waals surface area (Å²) in [6.45, 7) is 1.98. The van der Waals surface area contributed by atoms with Crippen LogP contribution in [0, 0.1) is 5.92 Å². The van der Waals surface area contributed by atoms with Gasteiger partial charge >= 0.3 is 0 Å². The van der Waals surface area contributed by atoms with Gasteiger partial charge in [0.1, 0.15) is 0 Å². The number of sulfone groups is 1. The van der Waals surface area contributed by atoms with Gasteiger partial charge in [-0.25, -0.2) is 8.42 Å². The molecule has 6 nitrogen and oxygen atoms in total. The molecule has 0 radical (unpaired) electrons. The number of nitrogens with zero attached hydrogens (tertiary/aromatic N) is 2. The maximum atomic E-state index is 12.3. The standard InChI is InChI=1S/C13H20N2O4S/c16-12-7-10(13(17)14-4-1-2-5-14)8-15(12)11-3-6-20(18,19)9-11/h10-11H,1-9H2. The van der Waals surface area contributed by atoms with Crippen LogP contribution in [0.1, 0.15) is 25.7 Å². The molecule has 0 bridgehead atoms. The third-order valence-electron chi connectivity index (χ3n) is 4.57. The predicted molar refractivity (Wildman–Crippen MR) is 72.7 cm³/mol. The SMILES string of the molecule is O=C(C1CC(=O)N(C2CCS(=O)(=O)C2)C1)N1CCCC1. The van der Waals surface area contributed by atoms with E-state index >= 15 is 0 Å². The highest BCUT2D eigenvalue weighted by Gasteiger charge is 2.43. The van der Waals surface area contributed by atoms with E-state index in [-0.39, 0.29) is 41.7 Å². The summed E-state index contributed by atoms with van der Waals surface area (Å²) in [6.07, 6.45) is 2.83. The van der Waals surface area contributed by atoms with Crippen molar-refractivity contribution in [2.45, 2.75) is 31.7 Å². The van der Waals surface area contributed by atoms with Gasteiger partial charge in [0.05, 0.1) is 17.4 Å². The van der Waals surface area contributed by atoms with Crippen molar-refractivity contribution < 1.29 is 18.0 Å². The molecule has 0 spiro atoms. The van der Waals surface area contributed by atoms with Gasteiger partial charge in [0.15, 0.2) is 9.84 Å². The lowest BCUT2D eigenvalue weighted by Gasteiger charge is -2.24. The molecule has 2 unspecified atom stereocenters. The van der Waals surface area contributed by atoms with Crippen LogP contribution in [0.2, 0.25) is 0 Å². The number of likely N-dealkylation sites (tertiary alicyclic amines) is 2. The minimum Gasteiger partial charge on any atom is -0.342 e. The van der Waals surface area contributed by atoms with Gasteiger partial charge in [0.2, 0.25) is 11.8 Å². The topological polar surface area (TPSA) is 74.8 Å². The van der Waals surface area contributed by atoms with Crippen LogP contribution in [0.5, 0.6) is 0 Å². The van der Waals surface area contributed by atoms with Crippen LogP contribution in [0.3, 0.4) is 0 Å². The molecule has 0 aliphatic carbocycles. The molecule has 3 heterocycles. The maximum absolute atomic E-state index is 12.3. The Bertz CT molecular complexity index is 524. The molecule has 0 N–H and O–H groups in total. The van der Waals surface area contributed by atoms with Crippen molar-refractivity contribution >= 4 is 21.7 Å². The molecule has 0 saturated carbocycles. The lowest BCUT2D eigenvalue weighted by atomic mass is 10.1. The quantitative estimate of drug-likeness (QED) is 0.698. The summed E-state index contributed by atoms with van der Waals surface area (Å²) >= 11 is 0. The van der Waals surface area contributed by atoms with Gasteiger partial charge in [-0.1, -0.05) is 0 Å². The molecule has 3 fully saturated rings. The van der Waals surface area contributed by atoms with Gasteiger partial charge < -0.3 is 9.80 Å². The summed E-state index contributed by atoms with van der Waals surface area (Å²) in [6, 6.07) is -0.219. The molecule has 0 aromatic carbocycles. The molecule has 2 atom stereocenters. The summed E-state index contributed by atoms with van der Waals surface area (Å²) in [5, 5.41) is 0. The number of amides is 2. The van der Waals surface area contributed by atoms with Crippen molar-refractivity contribution in [2.75, 3.05) is 31.1 Å². The lowest BCUT2D eigenvalue weighted by molar-refractivity contribution is -0.134. The number of hydrogen-bond acceptors (Lipinski definition) is 4. The van der Waals surface area contributed by atoms with Crippen molar-refractivity contribution in [1.82, 2.24) is 9.80 Å². The largest absolute Gasteiger partial charge is 0.342 e. The zero-order chi connectivity index (χ0) is 14.3. The van der Waals surface area contributed by atoms with Gasteiger partial charge in [-0.15, -0.1) is 0 Å². The molecular weight excluding hydrogens is 280 g/mol. The Morgan fingerprint density at radius 2 is 1.90 bits per heavy atom. The van der Waals surface area contributed by atoms with E-state index in [1.165, 1.54) is 0 Å². The highest BCUT2D eigenvalue weighted by Crippen LogP contribution is 2.28. The lowest BCUT2D eigenvalue weighted by Crippen LogP contribution is -2.39. The van der Waals surface area contributed by atoms with Crippen molar-refractivity contribution in [3.8, 4) is 0 Å². The van der Waals surface area contributed by atoms with Crippen molar-refractivity contribution in [2.24, 2.45) is 5.92 Å². The molecule has 2 amide bonds. The Morgan fingerprint density at radius 1 is 1.20 bits per heavy atom. The minimum atomic E-state index is -3.00. The molecule has 3 aliphatic heterocycles. The third kappa shape index (κ3) is 2.55. The second-order valence-corrected chi connectivity index (χ2v) is 8.27. The predicted octanol–water partition coefficient (Wildman–Crippen LogP) is -0.356.